The molecule has 0 saturated carbocycles. The molecule has 0 aliphatic carbocycles. The van der Waals surface area contributed by atoms with Crippen molar-refractivity contribution in [2.45, 2.75) is 33.1 Å². The maximum absolute atomic E-state index is 5.64. The van der Waals surface area contributed by atoms with E-state index >= 15 is 0 Å². The molecule has 2 rings (SSSR count). The van der Waals surface area contributed by atoms with Crippen molar-refractivity contribution in [1.82, 2.24) is 9.97 Å². The lowest BCUT2D eigenvalue weighted by Crippen LogP contribution is -2.13. The van der Waals surface area contributed by atoms with Crippen molar-refractivity contribution in [1.29, 1.82) is 0 Å². The summed E-state index contributed by atoms with van der Waals surface area (Å²) in [5, 5.41) is 0. The lowest BCUT2D eigenvalue weighted by atomic mass is 10.0. The Morgan fingerprint density at radius 1 is 1.16 bits per heavy atom. The predicted octanol–water partition coefficient (Wildman–Crippen LogP) is 3.34. The number of hydrogen-bond donors (Lipinski definition) is 2. The maximum atomic E-state index is 5.64. The van der Waals surface area contributed by atoms with E-state index in [9.17, 15) is 0 Å². The molecule has 3 heteroatoms. The number of rotatable bonds is 5. The summed E-state index contributed by atoms with van der Waals surface area (Å²) in [5.41, 5.74) is 9.26. The van der Waals surface area contributed by atoms with Crippen LogP contribution < -0.4 is 5.73 Å². The van der Waals surface area contributed by atoms with Gasteiger partial charge in [-0.1, -0.05) is 45.0 Å². The van der Waals surface area contributed by atoms with E-state index in [1.807, 2.05) is 6.20 Å². The van der Waals surface area contributed by atoms with Gasteiger partial charge in [-0.05, 0) is 29.5 Å². The van der Waals surface area contributed by atoms with E-state index in [-0.39, 0.29) is 0 Å². The molecule has 102 valence electrons. The Labute approximate surface area is 115 Å². The highest BCUT2D eigenvalue weighted by atomic mass is 14.9. The molecule has 3 N–H and O–H groups in total. The van der Waals surface area contributed by atoms with E-state index in [2.05, 4.69) is 55.0 Å². The molecule has 0 spiro atoms. The Morgan fingerprint density at radius 3 is 2.42 bits per heavy atom. The normalized spacial score (nSPS) is 12.9. The van der Waals surface area contributed by atoms with Gasteiger partial charge in [0.25, 0.3) is 0 Å². The van der Waals surface area contributed by atoms with Crippen molar-refractivity contribution >= 4 is 0 Å². The smallest absolute Gasteiger partial charge is 0.106 e. The number of nitrogens with one attached hydrogen (secondary N) is 1. The standard InChI is InChI=1S/C16H23N3/c1-11(2)13-4-6-14(7-5-13)15-10-18-16(19-15)8-12(3)9-17/h4-7,10-12H,8-9,17H2,1-3H3,(H,18,19). The fourth-order valence-corrected chi connectivity index (χ4v) is 2.07. The quantitative estimate of drug-likeness (QED) is 0.863. The van der Waals surface area contributed by atoms with E-state index < -0.39 is 0 Å². The Balaban J connectivity index is 2.13. The van der Waals surface area contributed by atoms with Crippen LogP contribution in [-0.4, -0.2) is 16.5 Å². The minimum atomic E-state index is 0.460. The minimum Gasteiger partial charge on any atom is -0.342 e. The number of nitrogens with zero attached hydrogens (tertiary/aromatic N) is 1. The lowest BCUT2D eigenvalue weighted by Gasteiger charge is -2.06. The summed E-state index contributed by atoms with van der Waals surface area (Å²) in [6.07, 6.45) is 2.81. The minimum absolute atomic E-state index is 0.460. The zero-order chi connectivity index (χ0) is 13.8. The Morgan fingerprint density at radius 2 is 1.84 bits per heavy atom. The molecule has 0 aliphatic rings. The van der Waals surface area contributed by atoms with Gasteiger partial charge in [-0.3, -0.25) is 0 Å². The first-order valence-electron chi connectivity index (χ1n) is 6.94. The SMILES string of the molecule is CC(CN)Cc1ncc(-c2ccc(C(C)C)cc2)[nH]1. The number of hydrogen-bond acceptors (Lipinski definition) is 2. The largest absolute Gasteiger partial charge is 0.342 e. The first-order valence-corrected chi connectivity index (χ1v) is 6.94. The molecule has 3 nitrogen and oxygen atoms in total. The van der Waals surface area contributed by atoms with Crippen LogP contribution in [0.15, 0.2) is 30.5 Å². The Kier molecular flexibility index (Phi) is 4.38. The highest BCUT2D eigenvalue weighted by Gasteiger charge is 2.07. The van der Waals surface area contributed by atoms with Gasteiger partial charge in [0.05, 0.1) is 11.9 Å². The Bertz CT molecular complexity index is 511. The van der Waals surface area contributed by atoms with Gasteiger partial charge >= 0.3 is 0 Å². The fraction of sp³-hybridized carbons (Fsp3) is 0.438. The van der Waals surface area contributed by atoms with Crippen LogP contribution >= 0.6 is 0 Å². The number of benzene rings is 1. The van der Waals surface area contributed by atoms with Gasteiger partial charge in [0.15, 0.2) is 0 Å². The summed E-state index contributed by atoms with van der Waals surface area (Å²) < 4.78 is 0. The van der Waals surface area contributed by atoms with Crippen molar-refractivity contribution in [2.24, 2.45) is 11.7 Å². The van der Waals surface area contributed by atoms with Crippen molar-refractivity contribution in [3.8, 4) is 11.3 Å². The summed E-state index contributed by atoms with van der Waals surface area (Å²) in [6, 6.07) is 8.67. The van der Waals surface area contributed by atoms with Crippen LogP contribution in [0.5, 0.6) is 0 Å². The topological polar surface area (TPSA) is 54.7 Å². The molecule has 0 saturated heterocycles. The summed E-state index contributed by atoms with van der Waals surface area (Å²) in [7, 11) is 0. The van der Waals surface area contributed by atoms with E-state index in [0.29, 0.717) is 18.4 Å². The predicted molar refractivity (Wildman–Crippen MR) is 80.0 cm³/mol. The number of H-pyrrole nitrogens is 1. The first-order chi connectivity index (χ1) is 9.10. The van der Waals surface area contributed by atoms with E-state index in [4.69, 9.17) is 5.73 Å². The second-order valence-electron chi connectivity index (χ2n) is 5.57. The van der Waals surface area contributed by atoms with Gasteiger partial charge in [0, 0.05) is 6.42 Å². The van der Waals surface area contributed by atoms with E-state index in [0.717, 1.165) is 17.9 Å². The van der Waals surface area contributed by atoms with E-state index in [1.54, 1.807) is 0 Å². The third-order valence-corrected chi connectivity index (χ3v) is 3.46. The molecule has 0 fully saturated rings. The summed E-state index contributed by atoms with van der Waals surface area (Å²) in [5.74, 6) is 2.04. The summed E-state index contributed by atoms with van der Waals surface area (Å²) >= 11 is 0. The van der Waals surface area contributed by atoms with E-state index in [1.165, 1.54) is 11.1 Å². The second-order valence-corrected chi connectivity index (χ2v) is 5.57. The highest BCUT2D eigenvalue weighted by Crippen LogP contribution is 2.21. The zero-order valence-electron chi connectivity index (χ0n) is 12.0. The third-order valence-electron chi connectivity index (χ3n) is 3.46. The summed E-state index contributed by atoms with van der Waals surface area (Å²) in [4.78, 5) is 7.80. The van der Waals surface area contributed by atoms with Crippen LogP contribution in [0.4, 0.5) is 0 Å². The molecule has 1 heterocycles. The molecule has 0 radical (unpaired) electrons. The molecule has 1 atom stereocenters. The summed E-state index contributed by atoms with van der Waals surface area (Å²) in [6.45, 7) is 7.24. The number of nitrogens with two attached hydrogens (primary N) is 1. The second kappa shape index (κ2) is 6.02. The van der Waals surface area contributed by atoms with Crippen LogP contribution in [0.2, 0.25) is 0 Å². The highest BCUT2D eigenvalue weighted by molar-refractivity contribution is 5.58. The van der Waals surface area contributed by atoms with Gasteiger partial charge in [-0.2, -0.15) is 0 Å². The molecule has 2 aromatic rings. The number of imidazole rings is 1. The molecule has 0 bridgehead atoms. The monoisotopic (exact) mass is 257 g/mol. The van der Waals surface area contributed by atoms with Crippen molar-refractivity contribution in [3.05, 3.63) is 41.9 Å². The lowest BCUT2D eigenvalue weighted by molar-refractivity contribution is 0.577. The fourth-order valence-electron chi connectivity index (χ4n) is 2.07. The first kappa shape index (κ1) is 13.8. The molecule has 1 aromatic heterocycles. The Hall–Kier alpha value is -1.61. The van der Waals surface area contributed by atoms with Crippen molar-refractivity contribution in [2.75, 3.05) is 6.54 Å². The van der Waals surface area contributed by atoms with Gasteiger partial charge in [0.2, 0.25) is 0 Å². The van der Waals surface area contributed by atoms with Crippen LogP contribution in [0, 0.1) is 5.92 Å². The molecular formula is C16H23N3. The van der Waals surface area contributed by atoms with Crippen molar-refractivity contribution in [3.63, 3.8) is 0 Å². The number of aromatic amines is 1. The molecular weight excluding hydrogens is 234 g/mol. The third kappa shape index (κ3) is 3.44. The zero-order valence-corrected chi connectivity index (χ0v) is 12.0. The van der Waals surface area contributed by atoms with Crippen LogP contribution in [0.1, 0.15) is 38.1 Å². The van der Waals surface area contributed by atoms with Gasteiger partial charge in [-0.15, -0.1) is 0 Å². The molecule has 0 aliphatic heterocycles. The molecule has 0 amide bonds. The van der Waals surface area contributed by atoms with Gasteiger partial charge in [0.1, 0.15) is 5.82 Å². The van der Waals surface area contributed by atoms with Gasteiger partial charge < -0.3 is 10.7 Å². The molecule has 1 unspecified atom stereocenters. The number of aromatic nitrogens is 2. The van der Waals surface area contributed by atoms with Crippen molar-refractivity contribution < 1.29 is 0 Å². The van der Waals surface area contributed by atoms with Gasteiger partial charge in [-0.25, -0.2) is 4.98 Å². The average molecular weight is 257 g/mol. The average Bonchev–Trinajstić information content (AvgIpc) is 2.87. The van der Waals surface area contributed by atoms with Crippen LogP contribution in [-0.2, 0) is 6.42 Å². The molecule has 19 heavy (non-hydrogen) atoms. The maximum Gasteiger partial charge on any atom is 0.106 e. The van der Waals surface area contributed by atoms with Crippen LogP contribution in [0.25, 0.3) is 11.3 Å². The van der Waals surface area contributed by atoms with Crippen LogP contribution in [0.3, 0.4) is 0 Å². The molecule has 1 aromatic carbocycles.